The number of amides is 2. The number of aryl methyl sites for hydroxylation is 1. The number of nitrogens with two attached hydrogens (primary N) is 1. The summed E-state index contributed by atoms with van der Waals surface area (Å²) in [5, 5.41) is 15.6. The predicted molar refractivity (Wildman–Crippen MR) is 122 cm³/mol. The Kier molecular flexibility index (Phi) is 8.25. The number of urea groups is 1. The molecule has 180 valence electrons. The van der Waals surface area contributed by atoms with Gasteiger partial charge in [0.15, 0.2) is 5.76 Å². The second-order valence-electron chi connectivity index (χ2n) is 6.71. The zero-order valence-corrected chi connectivity index (χ0v) is 18.6. The highest BCUT2D eigenvalue weighted by molar-refractivity contribution is 6.31. The topological polar surface area (TPSA) is 132 Å². The Morgan fingerprint density at radius 2 is 1.82 bits per heavy atom. The molecule has 13 heteroatoms. The maximum Gasteiger partial charge on any atom is 0.417 e. The fraction of sp³-hybridized carbons (Fsp3) is 0.143. The van der Waals surface area contributed by atoms with Gasteiger partial charge in [-0.15, -0.1) is 0 Å². The fourth-order valence-electron chi connectivity index (χ4n) is 2.73. The molecule has 2 aromatic rings. The lowest BCUT2D eigenvalue weighted by Crippen LogP contribution is -2.23. The lowest BCUT2D eigenvalue weighted by Gasteiger charge is -2.14. The van der Waals surface area contributed by atoms with Gasteiger partial charge in [0.2, 0.25) is 5.84 Å². The Labute approximate surface area is 196 Å². The number of hydrogen-bond donors (Lipinski definition) is 3. The summed E-state index contributed by atoms with van der Waals surface area (Å²) in [4.78, 5) is 26.4. The number of aliphatic imine (C=N–C) groups is 1. The summed E-state index contributed by atoms with van der Waals surface area (Å²) in [7, 11) is 0. The Hall–Kier alpha value is -4.06. The summed E-state index contributed by atoms with van der Waals surface area (Å²) in [5.41, 5.74) is 4.62. The normalized spacial score (nSPS) is 12.5. The van der Waals surface area contributed by atoms with E-state index >= 15 is 0 Å². The monoisotopic (exact) mass is 497 g/mol. The summed E-state index contributed by atoms with van der Waals surface area (Å²) in [6.07, 6.45) is -3.63. The third kappa shape index (κ3) is 6.72. The van der Waals surface area contributed by atoms with Crippen molar-refractivity contribution in [3.05, 3.63) is 86.9 Å². The van der Waals surface area contributed by atoms with Crippen molar-refractivity contribution in [2.45, 2.75) is 20.0 Å². The van der Waals surface area contributed by atoms with Gasteiger partial charge >= 0.3 is 17.9 Å². The summed E-state index contributed by atoms with van der Waals surface area (Å²) in [6.45, 7) is 6.29. The van der Waals surface area contributed by atoms with Gasteiger partial charge in [0.05, 0.1) is 15.5 Å². The number of rotatable bonds is 7. The van der Waals surface area contributed by atoms with Crippen LogP contribution in [0.5, 0.6) is 5.75 Å². The Morgan fingerprint density at radius 1 is 1.24 bits per heavy atom. The molecule has 0 spiro atoms. The number of nitro groups is 1. The SMILES string of the molecule is C=CN=C(N)/C(=C(\C)Oc1ccc(NC(=O)Nc2ccc(Cl)c(C(F)(F)F)c2)cc1C)[N+](=O)[O-]. The zero-order valence-electron chi connectivity index (χ0n) is 17.9. The average molecular weight is 498 g/mol. The number of allylic oxidation sites excluding steroid dienone is 1. The standard InChI is InChI=1S/C21H19ClF3N5O4/c1-4-27-19(26)18(30(32)33)12(3)34-17-8-6-13(9-11(17)2)28-20(31)29-14-5-7-16(22)15(10-14)21(23,24)25/h4-10H,1H2,2-3H3,(H2,26,27)(H2,28,29,31)/b18-12-. The molecule has 2 amide bonds. The van der Waals surface area contributed by atoms with Gasteiger partial charge in [-0.25, -0.2) is 9.79 Å². The molecule has 0 aromatic heterocycles. The van der Waals surface area contributed by atoms with Crippen LogP contribution in [-0.4, -0.2) is 16.8 Å². The highest BCUT2D eigenvalue weighted by Crippen LogP contribution is 2.36. The van der Waals surface area contributed by atoms with Gasteiger partial charge in [-0.2, -0.15) is 13.2 Å². The number of nitrogens with one attached hydrogen (secondary N) is 2. The number of carbonyl (C=O) groups is 1. The molecule has 9 nitrogen and oxygen atoms in total. The van der Waals surface area contributed by atoms with Crippen LogP contribution in [0.1, 0.15) is 18.1 Å². The molecule has 0 unspecified atom stereocenters. The first-order chi connectivity index (χ1) is 15.8. The number of ether oxygens (including phenoxy) is 1. The Balaban J connectivity index is 2.17. The van der Waals surface area contributed by atoms with Crippen molar-refractivity contribution in [1.82, 2.24) is 0 Å². The molecule has 2 aromatic carbocycles. The van der Waals surface area contributed by atoms with Gasteiger partial charge in [0, 0.05) is 24.5 Å². The lowest BCUT2D eigenvalue weighted by atomic mass is 10.2. The van der Waals surface area contributed by atoms with E-state index in [0.29, 0.717) is 11.6 Å². The van der Waals surface area contributed by atoms with Crippen molar-refractivity contribution in [2.75, 3.05) is 10.6 Å². The quantitative estimate of drug-likeness (QED) is 0.148. The Morgan fingerprint density at radius 3 is 2.35 bits per heavy atom. The van der Waals surface area contributed by atoms with Crippen LogP contribution >= 0.6 is 11.6 Å². The number of carbonyl (C=O) groups excluding carboxylic acids is 1. The van der Waals surface area contributed by atoms with E-state index in [2.05, 4.69) is 22.2 Å². The van der Waals surface area contributed by atoms with Crippen LogP contribution in [0, 0.1) is 17.0 Å². The van der Waals surface area contributed by atoms with E-state index in [1.54, 1.807) is 6.92 Å². The third-order valence-electron chi connectivity index (χ3n) is 4.21. The summed E-state index contributed by atoms with van der Waals surface area (Å²) in [6, 6.07) is 6.54. The summed E-state index contributed by atoms with van der Waals surface area (Å²) in [5.74, 6) is -0.277. The number of halogens is 4. The molecular weight excluding hydrogens is 479 g/mol. The van der Waals surface area contributed by atoms with E-state index in [1.807, 2.05) is 0 Å². The third-order valence-corrected chi connectivity index (χ3v) is 4.54. The number of nitrogens with zero attached hydrogens (tertiary/aromatic N) is 2. The second kappa shape index (κ2) is 10.7. The minimum Gasteiger partial charge on any atom is -0.454 e. The van der Waals surface area contributed by atoms with Gasteiger partial charge in [-0.1, -0.05) is 18.2 Å². The van der Waals surface area contributed by atoms with Crippen LogP contribution in [0.4, 0.5) is 29.3 Å². The van der Waals surface area contributed by atoms with Crippen LogP contribution in [0.15, 0.2) is 65.6 Å². The molecule has 0 heterocycles. The maximum absolute atomic E-state index is 13.0. The van der Waals surface area contributed by atoms with Crippen molar-refractivity contribution >= 4 is 34.8 Å². The summed E-state index contributed by atoms with van der Waals surface area (Å²) >= 11 is 5.57. The van der Waals surface area contributed by atoms with Gasteiger partial charge in [0.1, 0.15) is 5.75 Å². The molecule has 0 aliphatic rings. The first kappa shape index (κ1) is 26.2. The maximum atomic E-state index is 13.0. The van der Waals surface area contributed by atoms with Crippen LogP contribution in [0.2, 0.25) is 5.02 Å². The number of amidine groups is 1. The molecule has 0 aliphatic carbocycles. The number of alkyl halides is 3. The van der Waals surface area contributed by atoms with E-state index in [-0.39, 0.29) is 28.7 Å². The number of anilines is 2. The predicted octanol–water partition coefficient (Wildman–Crippen LogP) is 5.70. The van der Waals surface area contributed by atoms with Crippen LogP contribution in [-0.2, 0) is 6.18 Å². The van der Waals surface area contributed by atoms with Crippen molar-refractivity contribution in [2.24, 2.45) is 10.7 Å². The smallest absolute Gasteiger partial charge is 0.417 e. The van der Waals surface area contributed by atoms with E-state index < -0.39 is 33.4 Å². The first-order valence-electron chi connectivity index (χ1n) is 9.36. The van der Waals surface area contributed by atoms with E-state index in [1.165, 1.54) is 31.2 Å². The molecule has 0 aliphatic heterocycles. The van der Waals surface area contributed by atoms with Gasteiger partial charge in [-0.3, -0.25) is 10.1 Å². The van der Waals surface area contributed by atoms with Crippen molar-refractivity contribution in [3.63, 3.8) is 0 Å². The second-order valence-corrected chi connectivity index (χ2v) is 7.12. The molecule has 0 radical (unpaired) electrons. The minimum atomic E-state index is -4.68. The zero-order chi connectivity index (χ0) is 25.6. The van der Waals surface area contributed by atoms with Crippen molar-refractivity contribution < 1.29 is 27.6 Å². The minimum absolute atomic E-state index is 0.113. The van der Waals surface area contributed by atoms with Crippen molar-refractivity contribution in [3.8, 4) is 5.75 Å². The fourth-order valence-corrected chi connectivity index (χ4v) is 2.96. The molecule has 0 bridgehead atoms. The van der Waals surface area contributed by atoms with Crippen molar-refractivity contribution in [1.29, 1.82) is 0 Å². The largest absolute Gasteiger partial charge is 0.454 e. The lowest BCUT2D eigenvalue weighted by molar-refractivity contribution is -0.417. The van der Waals surface area contributed by atoms with E-state index in [4.69, 9.17) is 22.1 Å². The molecule has 4 N–H and O–H groups in total. The Bertz CT molecular complexity index is 1200. The van der Waals surface area contributed by atoms with Crippen LogP contribution < -0.4 is 21.1 Å². The van der Waals surface area contributed by atoms with Gasteiger partial charge < -0.3 is 21.1 Å². The molecular formula is C21H19ClF3N5O4. The molecule has 2 rings (SSSR count). The van der Waals surface area contributed by atoms with Crippen LogP contribution in [0.3, 0.4) is 0 Å². The van der Waals surface area contributed by atoms with Crippen LogP contribution in [0.25, 0.3) is 0 Å². The van der Waals surface area contributed by atoms with E-state index in [9.17, 15) is 28.1 Å². The van der Waals surface area contributed by atoms with E-state index in [0.717, 1.165) is 12.3 Å². The molecule has 0 atom stereocenters. The number of benzene rings is 2. The molecule has 0 fully saturated rings. The average Bonchev–Trinajstić information content (AvgIpc) is 2.70. The highest BCUT2D eigenvalue weighted by atomic mass is 35.5. The first-order valence-corrected chi connectivity index (χ1v) is 9.74. The number of hydrogen-bond acceptors (Lipinski definition) is 5. The molecule has 34 heavy (non-hydrogen) atoms. The highest BCUT2D eigenvalue weighted by Gasteiger charge is 2.33. The van der Waals surface area contributed by atoms with Gasteiger partial charge in [-0.05, 0) is 48.9 Å². The molecule has 0 saturated carbocycles. The molecule has 0 saturated heterocycles. The summed E-state index contributed by atoms with van der Waals surface area (Å²) < 4.78 is 44.5. The van der Waals surface area contributed by atoms with Gasteiger partial charge in [0.25, 0.3) is 0 Å².